The number of halogens is 3. The van der Waals surface area contributed by atoms with Crippen molar-refractivity contribution in [1.29, 1.82) is 0 Å². The molecule has 2 aromatic rings. The first-order valence-electron chi connectivity index (χ1n) is 5.20. The number of nitrogens with two attached hydrogens (primary N) is 1. The molecule has 0 aliphatic rings. The summed E-state index contributed by atoms with van der Waals surface area (Å²) in [4.78, 5) is 0.179. The Balaban J connectivity index is 2.46. The molecule has 2 nitrogen and oxygen atoms in total. The van der Waals surface area contributed by atoms with Crippen molar-refractivity contribution in [2.45, 2.75) is 0 Å². The number of benzene rings is 2. The molecule has 0 aliphatic carbocycles. The minimum atomic E-state index is -0.461. The molecule has 0 atom stereocenters. The topological polar surface area (TPSA) is 35.2 Å². The molecule has 2 N–H and O–H groups in total. The molecule has 6 heteroatoms. The fourth-order valence-corrected chi connectivity index (χ4v) is 2.75. The predicted octanol–water partition coefficient (Wildman–Crippen LogP) is 4.78. The molecule has 0 amide bonds. The lowest BCUT2D eigenvalue weighted by Crippen LogP contribution is -2.11. The maximum Gasteiger partial charge on any atom is 0.165 e. The van der Waals surface area contributed by atoms with Gasteiger partial charge in [0.25, 0.3) is 0 Å². The highest BCUT2D eigenvalue weighted by molar-refractivity contribution is 9.10. The first kappa shape index (κ1) is 14.4. The van der Waals surface area contributed by atoms with Gasteiger partial charge in [-0.1, -0.05) is 34.2 Å². The van der Waals surface area contributed by atoms with Gasteiger partial charge < -0.3 is 10.5 Å². The summed E-state index contributed by atoms with van der Waals surface area (Å²) in [6.07, 6.45) is 0. The van der Waals surface area contributed by atoms with Gasteiger partial charge in [0.05, 0.1) is 5.56 Å². The zero-order chi connectivity index (χ0) is 14.0. The van der Waals surface area contributed by atoms with Gasteiger partial charge in [-0.2, -0.15) is 0 Å². The average molecular weight is 405 g/mol. The van der Waals surface area contributed by atoms with Gasteiger partial charge in [0, 0.05) is 8.95 Å². The molecular formula is C13H8Br2FNOS. The number of ether oxygens (including phenoxy) is 1. The maximum absolute atomic E-state index is 13.7. The summed E-state index contributed by atoms with van der Waals surface area (Å²) in [5, 5.41) is 0. The highest BCUT2D eigenvalue weighted by Gasteiger charge is 2.13. The summed E-state index contributed by atoms with van der Waals surface area (Å²) in [7, 11) is 0. The van der Waals surface area contributed by atoms with Crippen molar-refractivity contribution < 1.29 is 9.13 Å². The Morgan fingerprint density at radius 1 is 1.16 bits per heavy atom. The molecule has 0 aromatic heterocycles. The van der Waals surface area contributed by atoms with Crippen LogP contribution in [-0.2, 0) is 0 Å². The first-order valence-corrected chi connectivity index (χ1v) is 7.19. The van der Waals surface area contributed by atoms with Crippen molar-refractivity contribution in [2.24, 2.45) is 5.73 Å². The SMILES string of the molecule is NC(=S)c1c(Br)cccc1Oc1cc(Br)ccc1F. The Morgan fingerprint density at radius 3 is 2.58 bits per heavy atom. The predicted molar refractivity (Wildman–Crippen MR) is 84.2 cm³/mol. The van der Waals surface area contributed by atoms with E-state index in [0.29, 0.717) is 15.8 Å². The van der Waals surface area contributed by atoms with Crippen molar-refractivity contribution in [3.63, 3.8) is 0 Å². The molecule has 0 saturated heterocycles. The third kappa shape index (κ3) is 3.32. The molecule has 0 aliphatic heterocycles. The van der Waals surface area contributed by atoms with Crippen LogP contribution in [0.1, 0.15) is 5.56 Å². The summed E-state index contributed by atoms with van der Waals surface area (Å²) >= 11 is 11.6. The minimum Gasteiger partial charge on any atom is -0.453 e. The van der Waals surface area contributed by atoms with E-state index >= 15 is 0 Å². The number of hydrogen-bond acceptors (Lipinski definition) is 2. The molecular weight excluding hydrogens is 397 g/mol. The molecule has 0 bridgehead atoms. The van der Waals surface area contributed by atoms with E-state index < -0.39 is 5.82 Å². The molecule has 0 unspecified atom stereocenters. The van der Waals surface area contributed by atoms with Gasteiger partial charge in [0.1, 0.15) is 10.7 Å². The van der Waals surface area contributed by atoms with Crippen molar-refractivity contribution in [3.05, 3.63) is 56.7 Å². The van der Waals surface area contributed by atoms with Crippen molar-refractivity contribution >= 4 is 49.1 Å². The minimum absolute atomic E-state index is 0.102. The van der Waals surface area contributed by atoms with Crippen LogP contribution in [0.5, 0.6) is 11.5 Å². The fourth-order valence-electron chi connectivity index (χ4n) is 1.50. The third-order valence-electron chi connectivity index (χ3n) is 2.33. The zero-order valence-electron chi connectivity index (χ0n) is 9.49. The van der Waals surface area contributed by atoms with E-state index in [-0.39, 0.29) is 10.7 Å². The lowest BCUT2D eigenvalue weighted by atomic mass is 10.2. The molecule has 2 aromatic carbocycles. The second kappa shape index (κ2) is 5.98. The molecule has 98 valence electrons. The molecule has 0 spiro atoms. The first-order chi connectivity index (χ1) is 8.99. The van der Waals surface area contributed by atoms with Crippen LogP contribution in [0.15, 0.2) is 45.3 Å². The normalized spacial score (nSPS) is 10.3. The Morgan fingerprint density at radius 2 is 1.89 bits per heavy atom. The van der Waals surface area contributed by atoms with Crippen LogP contribution in [0.2, 0.25) is 0 Å². The highest BCUT2D eigenvalue weighted by Crippen LogP contribution is 2.33. The van der Waals surface area contributed by atoms with Gasteiger partial charge in [0.15, 0.2) is 11.6 Å². The summed E-state index contributed by atoms with van der Waals surface area (Å²) in [6.45, 7) is 0. The van der Waals surface area contributed by atoms with E-state index in [4.69, 9.17) is 22.7 Å². The summed E-state index contributed by atoms with van der Waals surface area (Å²) in [6, 6.07) is 9.68. The standard InChI is InChI=1S/C13H8Br2FNOS/c14-7-4-5-9(16)11(6-7)18-10-3-1-2-8(15)12(10)13(17)19/h1-6H,(H2,17,19). The van der Waals surface area contributed by atoms with Crippen molar-refractivity contribution in [2.75, 3.05) is 0 Å². The highest BCUT2D eigenvalue weighted by atomic mass is 79.9. The summed E-state index contributed by atoms with van der Waals surface area (Å²) < 4.78 is 20.6. The van der Waals surface area contributed by atoms with E-state index in [1.807, 2.05) is 0 Å². The van der Waals surface area contributed by atoms with Crippen LogP contribution in [0.25, 0.3) is 0 Å². The second-order valence-corrected chi connectivity index (χ2v) is 5.86. The van der Waals surface area contributed by atoms with Crippen LogP contribution < -0.4 is 10.5 Å². The van der Waals surface area contributed by atoms with Gasteiger partial charge in [-0.25, -0.2) is 4.39 Å². The molecule has 19 heavy (non-hydrogen) atoms. The van der Waals surface area contributed by atoms with E-state index in [1.165, 1.54) is 6.07 Å². The number of thiocarbonyl (C=S) groups is 1. The van der Waals surface area contributed by atoms with Gasteiger partial charge in [-0.05, 0) is 46.3 Å². The van der Waals surface area contributed by atoms with E-state index in [9.17, 15) is 4.39 Å². The lowest BCUT2D eigenvalue weighted by molar-refractivity contribution is 0.441. The Hall–Kier alpha value is -0.980. The van der Waals surface area contributed by atoms with E-state index in [1.54, 1.807) is 30.3 Å². The smallest absolute Gasteiger partial charge is 0.165 e. The van der Waals surface area contributed by atoms with Gasteiger partial charge in [0.2, 0.25) is 0 Å². The average Bonchev–Trinajstić information content (AvgIpc) is 2.33. The van der Waals surface area contributed by atoms with Crippen molar-refractivity contribution in [1.82, 2.24) is 0 Å². The Bertz CT molecular complexity index is 649. The van der Waals surface area contributed by atoms with Gasteiger partial charge >= 0.3 is 0 Å². The number of rotatable bonds is 3. The molecule has 0 fully saturated rings. The van der Waals surface area contributed by atoms with E-state index in [2.05, 4.69) is 31.9 Å². The number of hydrogen-bond donors (Lipinski definition) is 1. The van der Waals surface area contributed by atoms with Crippen LogP contribution >= 0.6 is 44.1 Å². The quantitative estimate of drug-likeness (QED) is 0.747. The Kier molecular flexibility index (Phi) is 4.54. The lowest BCUT2D eigenvalue weighted by Gasteiger charge is -2.12. The largest absolute Gasteiger partial charge is 0.453 e. The zero-order valence-corrected chi connectivity index (χ0v) is 13.5. The third-order valence-corrected chi connectivity index (χ3v) is 3.69. The Labute approximate surface area is 132 Å². The second-order valence-electron chi connectivity index (χ2n) is 3.65. The fraction of sp³-hybridized carbons (Fsp3) is 0. The maximum atomic E-state index is 13.7. The van der Waals surface area contributed by atoms with Crippen LogP contribution in [0.4, 0.5) is 4.39 Å². The molecule has 0 radical (unpaired) electrons. The van der Waals surface area contributed by atoms with E-state index in [0.717, 1.165) is 4.47 Å². The molecule has 0 heterocycles. The van der Waals surface area contributed by atoms with Crippen LogP contribution in [0.3, 0.4) is 0 Å². The van der Waals surface area contributed by atoms with Gasteiger partial charge in [-0.15, -0.1) is 0 Å². The summed E-state index contributed by atoms with van der Waals surface area (Å²) in [5.41, 5.74) is 6.19. The van der Waals surface area contributed by atoms with Crippen LogP contribution in [0, 0.1) is 5.82 Å². The van der Waals surface area contributed by atoms with Crippen molar-refractivity contribution in [3.8, 4) is 11.5 Å². The van der Waals surface area contributed by atoms with Crippen LogP contribution in [-0.4, -0.2) is 4.99 Å². The molecule has 0 saturated carbocycles. The molecule has 2 rings (SSSR count). The van der Waals surface area contributed by atoms with Gasteiger partial charge in [-0.3, -0.25) is 0 Å². The summed E-state index contributed by atoms with van der Waals surface area (Å²) in [5.74, 6) is 0.0425. The monoisotopic (exact) mass is 403 g/mol.